The highest BCUT2D eigenvalue weighted by Gasteiger charge is 2.16. The quantitative estimate of drug-likeness (QED) is 0.252. The van der Waals surface area contributed by atoms with Gasteiger partial charge >= 0.3 is 0 Å². The highest BCUT2D eigenvalue weighted by atomic mass is 35.5. The fraction of sp³-hybridized carbons (Fsp3) is 0.562. The third-order valence-electron chi connectivity index (χ3n) is 7.20. The molecule has 0 radical (unpaired) electrons. The lowest BCUT2D eigenvalue weighted by Gasteiger charge is -2.26. The van der Waals surface area contributed by atoms with E-state index in [0.717, 1.165) is 30.5 Å². The van der Waals surface area contributed by atoms with Gasteiger partial charge in [0.15, 0.2) is 0 Å². The SMILES string of the molecule is Cc1cc(C(O)CN(CCCC(C)C)CCCC(C)C)cc2c1ccc1cc(C(C)C)ccc12.Cl. The Kier molecular flexibility index (Phi) is 11.5. The lowest BCUT2D eigenvalue weighted by molar-refractivity contribution is 0.109. The van der Waals surface area contributed by atoms with Gasteiger partial charge in [-0.05, 0) is 108 Å². The van der Waals surface area contributed by atoms with Crippen LogP contribution in [-0.4, -0.2) is 29.6 Å². The number of nitrogens with zero attached hydrogens (tertiary/aromatic N) is 1. The van der Waals surface area contributed by atoms with E-state index in [0.29, 0.717) is 12.5 Å². The number of hydrogen-bond donors (Lipinski definition) is 1. The lowest BCUT2D eigenvalue weighted by atomic mass is 9.92. The summed E-state index contributed by atoms with van der Waals surface area (Å²) in [7, 11) is 0. The summed E-state index contributed by atoms with van der Waals surface area (Å²) in [5.41, 5.74) is 3.66. The smallest absolute Gasteiger partial charge is 0.0917 e. The number of aliphatic hydroxyl groups is 1. The van der Waals surface area contributed by atoms with E-state index in [1.165, 1.54) is 58.4 Å². The molecule has 1 N–H and O–H groups in total. The van der Waals surface area contributed by atoms with Crippen molar-refractivity contribution in [2.24, 2.45) is 11.8 Å². The first-order chi connectivity index (χ1) is 16.2. The Hall–Kier alpha value is -1.61. The molecule has 1 atom stereocenters. The second-order valence-electron chi connectivity index (χ2n) is 11.5. The Labute approximate surface area is 220 Å². The molecule has 194 valence electrons. The topological polar surface area (TPSA) is 23.5 Å². The van der Waals surface area contributed by atoms with Crippen LogP contribution < -0.4 is 0 Å². The average Bonchev–Trinajstić information content (AvgIpc) is 2.77. The lowest BCUT2D eigenvalue weighted by Crippen LogP contribution is -2.31. The zero-order chi connectivity index (χ0) is 24.8. The van der Waals surface area contributed by atoms with E-state index in [4.69, 9.17) is 0 Å². The van der Waals surface area contributed by atoms with E-state index >= 15 is 0 Å². The standard InChI is InChI=1S/C32H47NO.ClH/c1-22(2)10-8-16-33(17-9-11-23(3)4)21-32(34)28-18-25(7)29-14-13-27-19-26(24(5)6)12-15-30(27)31(29)20-28;/h12-15,18-20,22-24,32,34H,8-11,16-17,21H2,1-7H3;1H. The highest BCUT2D eigenvalue weighted by Crippen LogP contribution is 2.32. The molecule has 35 heavy (non-hydrogen) atoms. The molecule has 0 heterocycles. The third kappa shape index (κ3) is 8.20. The molecule has 0 fully saturated rings. The van der Waals surface area contributed by atoms with Gasteiger partial charge in [-0.3, -0.25) is 0 Å². The van der Waals surface area contributed by atoms with E-state index < -0.39 is 6.10 Å². The first-order valence-corrected chi connectivity index (χ1v) is 13.5. The monoisotopic (exact) mass is 497 g/mol. The van der Waals surface area contributed by atoms with E-state index in [1.54, 1.807) is 0 Å². The predicted octanol–water partition coefficient (Wildman–Crippen LogP) is 9.05. The number of halogens is 1. The molecule has 0 amide bonds. The number of benzene rings is 3. The van der Waals surface area contributed by atoms with Crippen molar-refractivity contribution in [1.82, 2.24) is 4.90 Å². The van der Waals surface area contributed by atoms with Crippen LogP contribution in [0.3, 0.4) is 0 Å². The minimum atomic E-state index is -0.466. The summed E-state index contributed by atoms with van der Waals surface area (Å²) in [6.07, 6.45) is 4.43. The maximum absolute atomic E-state index is 11.3. The van der Waals surface area contributed by atoms with Gasteiger partial charge < -0.3 is 10.0 Å². The Bertz CT molecular complexity index is 1060. The van der Waals surface area contributed by atoms with Gasteiger partial charge in [-0.1, -0.05) is 77.9 Å². The van der Waals surface area contributed by atoms with E-state index in [9.17, 15) is 5.11 Å². The second kappa shape index (κ2) is 13.6. The highest BCUT2D eigenvalue weighted by molar-refractivity contribution is 6.08. The minimum Gasteiger partial charge on any atom is -0.387 e. The van der Waals surface area contributed by atoms with Crippen LogP contribution in [0.15, 0.2) is 42.5 Å². The molecular formula is C32H48ClNO. The van der Waals surface area contributed by atoms with Crippen molar-refractivity contribution >= 4 is 34.0 Å². The van der Waals surface area contributed by atoms with Crippen molar-refractivity contribution < 1.29 is 5.11 Å². The van der Waals surface area contributed by atoms with Crippen molar-refractivity contribution in [3.05, 3.63) is 59.2 Å². The first-order valence-electron chi connectivity index (χ1n) is 13.5. The average molecular weight is 498 g/mol. The van der Waals surface area contributed by atoms with E-state index in [1.807, 2.05) is 0 Å². The van der Waals surface area contributed by atoms with Crippen LogP contribution in [0, 0.1) is 18.8 Å². The van der Waals surface area contributed by atoms with Gasteiger partial charge in [0.05, 0.1) is 6.10 Å². The summed E-state index contributed by atoms with van der Waals surface area (Å²) in [4.78, 5) is 2.49. The van der Waals surface area contributed by atoms with Crippen LogP contribution in [0.2, 0.25) is 0 Å². The molecule has 0 aliphatic carbocycles. The number of rotatable bonds is 12. The van der Waals surface area contributed by atoms with Gasteiger partial charge in [-0.2, -0.15) is 0 Å². The summed E-state index contributed by atoms with van der Waals surface area (Å²) < 4.78 is 0. The fourth-order valence-corrected chi connectivity index (χ4v) is 5.05. The number of aryl methyl sites for hydroxylation is 1. The summed E-state index contributed by atoms with van der Waals surface area (Å²) in [6.45, 7) is 18.7. The Morgan fingerprint density at radius 3 is 1.89 bits per heavy atom. The largest absolute Gasteiger partial charge is 0.387 e. The number of hydrogen-bond acceptors (Lipinski definition) is 2. The summed E-state index contributed by atoms with van der Waals surface area (Å²) in [6, 6.07) is 15.8. The number of aliphatic hydroxyl groups excluding tert-OH is 1. The van der Waals surface area contributed by atoms with Gasteiger partial charge in [0.2, 0.25) is 0 Å². The molecule has 1 unspecified atom stereocenters. The van der Waals surface area contributed by atoms with Gasteiger partial charge in [0.1, 0.15) is 0 Å². The molecule has 0 aliphatic heterocycles. The molecule has 3 rings (SSSR count). The van der Waals surface area contributed by atoms with Crippen molar-refractivity contribution in [2.75, 3.05) is 19.6 Å². The summed E-state index contributed by atoms with van der Waals surface area (Å²) in [5.74, 6) is 1.98. The molecule has 3 aromatic rings. The normalized spacial score (nSPS) is 12.9. The Balaban J connectivity index is 0.00000432. The third-order valence-corrected chi connectivity index (χ3v) is 7.20. The van der Waals surface area contributed by atoms with Crippen molar-refractivity contribution in [2.45, 2.75) is 86.2 Å². The minimum absolute atomic E-state index is 0. The second-order valence-corrected chi connectivity index (χ2v) is 11.5. The molecule has 0 saturated carbocycles. The first kappa shape index (κ1) is 29.6. The maximum atomic E-state index is 11.3. The van der Waals surface area contributed by atoms with Crippen LogP contribution in [0.4, 0.5) is 0 Å². The van der Waals surface area contributed by atoms with E-state index in [2.05, 4.69) is 95.8 Å². The van der Waals surface area contributed by atoms with Crippen molar-refractivity contribution in [3.8, 4) is 0 Å². The fourth-order valence-electron chi connectivity index (χ4n) is 5.05. The molecule has 0 bridgehead atoms. The summed E-state index contributed by atoms with van der Waals surface area (Å²) in [5, 5.41) is 16.4. The molecule has 0 aliphatic rings. The molecular weight excluding hydrogens is 450 g/mol. The predicted molar refractivity (Wildman–Crippen MR) is 157 cm³/mol. The molecule has 3 heteroatoms. The molecule has 0 aromatic heterocycles. The van der Waals surface area contributed by atoms with Gasteiger partial charge in [-0.25, -0.2) is 0 Å². The van der Waals surface area contributed by atoms with Crippen LogP contribution >= 0.6 is 12.4 Å². The zero-order valence-electron chi connectivity index (χ0n) is 23.1. The van der Waals surface area contributed by atoms with Gasteiger partial charge in [0.25, 0.3) is 0 Å². The molecule has 2 nitrogen and oxygen atoms in total. The molecule has 3 aromatic carbocycles. The molecule has 0 spiro atoms. The van der Waals surface area contributed by atoms with E-state index in [-0.39, 0.29) is 12.4 Å². The Morgan fingerprint density at radius 1 is 0.714 bits per heavy atom. The molecule has 0 saturated heterocycles. The maximum Gasteiger partial charge on any atom is 0.0917 e. The van der Waals surface area contributed by atoms with Crippen LogP contribution in [0.25, 0.3) is 21.5 Å². The summed E-state index contributed by atoms with van der Waals surface area (Å²) >= 11 is 0. The van der Waals surface area contributed by atoms with Crippen LogP contribution in [0.5, 0.6) is 0 Å². The Morgan fingerprint density at radius 2 is 1.31 bits per heavy atom. The van der Waals surface area contributed by atoms with Gasteiger partial charge in [0, 0.05) is 6.54 Å². The van der Waals surface area contributed by atoms with Crippen LogP contribution in [0.1, 0.15) is 95.9 Å². The number of fused-ring (bicyclic) bond motifs is 3. The van der Waals surface area contributed by atoms with Crippen molar-refractivity contribution in [3.63, 3.8) is 0 Å². The van der Waals surface area contributed by atoms with Crippen molar-refractivity contribution in [1.29, 1.82) is 0 Å². The van der Waals surface area contributed by atoms with Gasteiger partial charge in [-0.15, -0.1) is 12.4 Å². The van der Waals surface area contributed by atoms with Crippen LogP contribution in [-0.2, 0) is 0 Å². The zero-order valence-corrected chi connectivity index (χ0v) is 23.9.